The summed E-state index contributed by atoms with van der Waals surface area (Å²) in [4.78, 5) is 40.0. The molecule has 0 aliphatic carbocycles. The predicted octanol–water partition coefficient (Wildman–Crippen LogP) is 2.68. The summed E-state index contributed by atoms with van der Waals surface area (Å²) >= 11 is 0. The van der Waals surface area contributed by atoms with Crippen molar-refractivity contribution >= 4 is 21.5 Å². The number of ketones is 1. The number of Topliss-reactive ketones (excluding diaryl/α,β-unsaturated/α-hetero) is 1. The first-order chi connectivity index (χ1) is 15.5. The predicted molar refractivity (Wildman–Crippen MR) is 122 cm³/mol. The molecule has 1 atom stereocenters. The lowest BCUT2D eigenvalue weighted by atomic mass is 9.96. The molecule has 2 N–H and O–H groups in total. The Morgan fingerprint density at radius 1 is 1.03 bits per heavy atom. The zero-order valence-corrected chi connectivity index (χ0v) is 19.0. The molecule has 3 aromatic rings. The maximum absolute atomic E-state index is 13.1. The largest absolute Gasteiger partial charge is 0.341 e. The number of hydrogen-bond acceptors (Lipinski definition) is 6. The lowest BCUT2D eigenvalue weighted by Gasteiger charge is -2.20. The average Bonchev–Trinajstić information content (AvgIpc) is 2.76. The second-order valence-corrected chi connectivity index (χ2v) is 9.61. The summed E-state index contributed by atoms with van der Waals surface area (Å²) < 4.78 is 23.6. The monoisotopic (exact) mass is 463 g/mol. The lowest BCUT2D eigenvalue weighted by molar-refractivity contribution is 0.0941. The Hall–Kier alpha value is -4.03. The van der Waals surface area contributed by atoms with Crippen LogP contribution in [0.5, 0.6) is 0 Å². The SMILES string of the molecule is CC(=O)c1cc(C(=O)NC(c2ccc(S(C)(=O)=O)cc2)c2cccc(C#N)c2)c(=O)[nH]c1C. The number of nitrogens with one attached hydrogen (secondary N) is 2. The van der Waals surface area contributed by atoms with Gasteiger partial charge in [-0.15, -0.1) is 0 Å². The molecule has 8 nitrogen and oxygen atoms in total. The van der Waals surface area contributed by atoms with E-state index in [9.17, 15) is 28.1 Å². The lowest BCUT2D eigenvalue weighted by Crippen LogP contribution is -2.34. The maximum atomic E-state index is 13.1. The van der Waals surface area contributed by atoms with Gasteiger partial charge in [-0.3, -0.25) is 14.4 Å². The smallest absolute Gasteiger partial charge is 0.261 e. The Labute approximate surface area is 190 Å². The first-order valence-corrected chi connectivity index (χ1v) is 11.8. The van der Waals surface area contributed by atoms with Crippen LogP contribution in [0.2, 0.25) is 0 Å². The third kappa shape index (κ3) is 5.25. The summed E-state index contributed by atoms with van der Waals surface area (Å²) in [6.07, 6.45) is 1.09. The van der Waals surface area contributed by atoms with Crippen LogP contribution >= 0.6 is 0 Å². The number of carbonyl (C=O) groups excluding carboxylic acids is 2. The van der Waals surface area contributed by atoms with Gasteiger partial charge in [-0.1, -0.05) is 24.3 Å². The van der Waals surface area contributed by atoms with E-state index in [1.165, 1.54) is 25.1 Å². The van der Waals surface area contributed by atoms with Crippen LogP contribution in [-0.4, -0.2) is 31.3 Å². The molecule has 1 amide bonds. The second-order valence-electron chi connectivity index (χ2n) is 7.59. The Morgan fingerprint density at radius 2 is 1.70 bits per heavy atom. The van der Waals surface area contributed by atoms with Crippen molar-refractivity contribution in [1.82, 2.24) is 10.3 Å². The van der Waals surface area contributed by atoms with E-state index in [1.807, 2.05) is 6.07 Å². The van der Waals surface area contributed by atoms with E-state index in [0.29, 0.717) is 22.4 Å². The summed E-state index contributed by atoms with van der Waals surface area (Å²) in [6.45, 7) is 2.90. The van der Waals surface area contributed by atoms with Gasteiger partial charge in [0, 0.05) is 17.5 Å². The highest BCUT2D eigenvalue weighted by Gasteiger charge is 2.22. The second kappa shape index (κ2) is 9.22. The number of aromatic nitrogens is 1. The fourth-order valence-electron chi connectivity index (χ4n) is 3.42. The molecule has 1 unspecified atom stereocenters. The van der Waals surface area contributed by atoms with Crippen LogP contribution in [0.25, 0.3) is 0 Å². The van der Waals surface area contributed by atoms with E-state index < -0.39 is 27.3 Å². The van der Waals surface area contributed by atoms with Gasteiger partial charge in [-0.05, 0) is 55.3 Å². The molecule has 1 aromatic heterocycles. The normalized spacial score (nSPS) is 11.9. The molecule has 3 rings (SSSR count). The number of amides is 1. The van der Waals surface area contributed by atoms with Gasteiger partial charge >= 0.3 is 0 Å². The first-order valence-electron chi connectivity index (χ1n) is 9.87. The van der Waals surface area contributed by atoms with Gasteiger partial charge < -0.3 is 10.3 Å². The molecule has 0 saturated carbocycles. The van der Waals surface area contributed by atoms with Gasteiger partial charge in [0.05, 0.1) is 22.6 Å². The van der Waals surface area contributed by atoms with Gasteiger partial charge in [-0.25, -0.2) is 8.42 Å². The van der Waals surface area contributed by atoms with E-state index in [4.69, 9.17) is 0 Å². The molecular formula is C24H21N3O5S. The first kappa shape index (κ1) is 23.6. The number of benzene rings is 2. The number of aryl methyl sites for hydroxylation is 1. The quantitative estimate of drug-likeness (QED) is 0.539. The minimum atomic E-state index is -3.42. The number of aromatic amines is 1. The van der Waals surface area contributed by atoms with E-state index in [0.717, 1.165) is 6.26 Å². The molecule has 168 valence electrons. The number of nitriles is 1. The van der Waals surface area contributed by atoms with Crippen molar-refractivity contribution in [2.75, 3.05) is 6.26 Å². The van der Waals surface area contributed by atoms with Gasteiger partial charge in [0.1, 0.15) is 5.56 Å². The molecule has 9 heteroatoms. The highest BCUT2D eigenvalue weighted by atomic mass is 32.2. The fourth-order valence-corrected chi connectivity index (χ4v) is 4.05. The van der Waals surface area contributed by atoms with Crippen LogP contribution in [0.15, 0.2) is 64.3 Å². The molecule has 0 fully saturated rings. The molecule has 2 aromatic carbocycles. The number of sulfone groups is 1. The summed E-state index contributed by atoms with van der Waals surface area (Å²) in [5, 5.41) is 12.0. The molecule has 1 heterocycles. The Kier molecular flexibility index (Phi) is 6.60. The van der Waals surface area contributed by atoms with Crippen molar-refractivity contribution in [2.45, 2.75) is 24.8 Å². The Morgan fingerprint density at radius 3 is 2.27 bits per heavy atom. The molecule has 0 bridgehead atoms. The standard InChI is InChI=1S/C24H21N3O5S/c1-14-20(15(2)28)12-21(23(29)26-14)24(30)27-22(18-6-4-5-16(11-18)13-25)17-7-9-19(10-8-17)33(3,31)32/h4-12,22H,1-3H3,(H,26,29)(H,27,30). The zero-order valence-electron chi connectivity index (χ0n) is 18.2. The van der Waals surface area contributed by atoms with Gasteiger partial charge in [0.2, 0.25) is 0 Å². The number of H-pyrrole nitrogens is 1. The molecule has 0 saturated heterocycles. The number of pyridine rings is 1. The highest BCUT2D eigenvalue weighted by Crippen LogP contribution is 2.25. The molecular weight excluding hydrogens is 442 g/mol. The van der Waals surface area contributed by atoms with Crippen LogP contribution in [0.4, 0.5) is 0 Å². The summed E-state index contributed by atoms with van der Waals surface area (Å²) in [6, 6.07) is 15.0. The van der Waals surface area contributed by atoms with E-state index in [2.05, 4.69) is 10.3 Å². The van der Waals surface area contributed by atoms with Crippen LogP contribution in [0.3, 0.4) is 0 Å². The van der Waals surface area contributed by atoms with Crippen molar-refractivity contribution < 1.29 is 18.0 Å². The minimum Gasteiger partial charge on any atom is -0.341 e. The maximum Gasteiger partial charge on any atom is 0.261 e. The van der Waals surface area contributed by atoms with Crippen molar-refractivity contribution in [1.29, 1.82) is 5.26 Å². The number of hydrogen-bond donors (Lipinski definition) is 2. The summed E-state index contributed by atoms with van der Waals surface area (Å²) in [5.41, 5.74) is 1.17. The van der Waals surface area contributed by atoms with Gasteiger partial charge in [0.15, 0.2) is 15.6 Å². The van der Waals surface area contributed by atoms with Gasteiger partial charge in [-0.2, -0.15) is 5.26 Å². The molecule has 0 aliphatic heterocycles. The molecule has 0 spiro atoms. The van der Waals surface area contributed by atoms with Crippen molar-refractivity contribution in [2.24, 2.45) is 0 Å². The average molecular weight is 464 g/mol. The fraction of sp³-hybridized carbons (Fsp3) is 0.167. The van der Waals surface area contributed by atoms with Crippen LogP contribution in [0.1, 0.15) is 56.1 Å². The van der Waals surface area contributed by atoms with E-state index >= 15 is 0 Å². The van der Waals surface area contributed by atoms with Crippen LogP contribution < -0.4 is 10.9 Å². The Balaban J connectivity index is 2.08. The Bertz CT molecular complexity index is 1450. The van der Waals surface area contributed by atoms with Crippen molar-refractivity contribution in [3.05, 3.63) is 98.5 Å². The number of carbonyl (C=O) groups is 2. The summed E-state index contributed by atoms with van der Waals surface area (Å²) in [7, 11) is -3.42. The summed E-state index contributed by atoms with van der Waals surface area (Å²) in [5.74, 6) is -1.02. The topological polar surface area (TPSA) is 137 Å². The number of rotatable bonds is 6. The van der Waals surface area contributed by atoms with E-state index in [-0.39, 0.29) is 21.8 Å². The van der Waals surface area contributed by atoms with Crippen molar-refractivity contribution in [3.8, 4) is 6.07 Å². The van der Waals surface area contributed by atoms with E-state index in [1.54, 1.807) is 43.3 Å². The zero-order chi connectivity index (χ0) is 24.3. The molecule has 0 radical (unpaired) electrons. The minimum absolute atomic E-state index is 0.114. The highest BCUT2D eigenvalue weighted by molar-refractivity contribution is 7.90. The van der Waals surface area contributed by atoms with Crippen molar-refractivity contribution in [3.63, 3.8) is 0 Å². The van der Waals surface area contributed by atoms with Crippen LogP contribution in [-0.2, 0) is 9.84 Å². The van der Waals surface area contributed by atoms with Crippen LogP contribution in [0, 0.1) is 18.3 Å². The molecule has 0 aliphatic rings. The third-order valence-electron chi connectivity index (χ3n) is 5.13. The molecule has 33 heavy (non-hydrogen) atoms. The van der Waals surface area contributed by atoms with Gasteiger partial charge in [0.25, 0.3) is 11.5 Å². The number of nitrogens with zero attached hydrogens (tertiary/aromatic N) is 1. The third-order valence-corrected chi connectivity index (χ3v) is 6.26.